The third kappa shape index (κ3) is 2.93. The number of hydrogen-bond donors (Lipinski definition) is 4. The minimum Gasteiger partial charge on any atom is -0.394 e. The van der Waals surface area contributed by atoms with Crippen LogP contribution in [0.25, 0.3) is 0 Å². The quantitative estimate of drug-likeness (QED) is 0.495. The fraction of sp³-hybridized carbons (Fsp3) is 0.909. The van der Waals surface area contributed by atoms with E-state index in [1.165, 1.54) is 0 Å². The highest BCUT2D eigenvalue weighted by Crippen LogP contribution is 2.32. The van der Waals surface area contributed by atoms with Crippen molar-refractivity contribution in [1.29, 1.82) is 0 Å². The number of carbonyl (C=O) groups excluding carboxylic acids is 1. The summed E-state index contributed by atoms with van der Waals surface area (Å²) in [6, 6.07) is 0. The van der Waals surface area contributed by atoms with Crippen molar-refractivity contribution in [3.63, 3.8) is 0 Å². The van der Waals surface area contributed by atoms with Crippen molar-refractivity contribution in [3.8, 4) is 0 Å². The van der Waals surface area contributed by atoms with E-state index in [0.29, 0.717) is 6.42 Å². The molecule has 94 valence electrons. The Labute approximate surface area is 96.0 Å². The van der Waals surface area contributed by atoms with E-state index >= 15 is 0 Å². The summed E-state index contributed by atoms with van der Waals surface area (Å²) in [6.07, 6.45) is 3.58. The summed E-state index contributed by atoms with van der Waals surface area (Å²) >= 11 is 0. The molecule has 5 N–H and O–H groups in total. The molecule has 0 aromatic heterocycles. The summed E-state index contributed by atoms with van der Waals surface area (Å²) in [6.45, 7) is 1.29. The molecule has 0 radical (unpaired) electrons. The standard InChI is InChI=1S/C11H22N2O3/c1-2-11(7-14,8-15)13-9(16)6-10(12)4-3-5-10/h14-15H,2-8,12H2,1H3,(H,13,16). The molecule has 0 spiro atoms. The number of aliphatic hydroxyl groups excluding tert-OH is 2. The molecule has 1 amide bonds. The van der Waals surface area contributed by atoms with E-state index in [9.17, 15) is 15.0 Å². The highest BCUT2D eigenvalue weighted by Gasteiger charge is 2.37. The van der Waals surface area contributed by atoms with Crippen LogP contribution in [-0.4, -0.2) is 40.4 Å². The number of carbonyl (C=O) groups is 1. The molecule has 1 saturated carbocycles. The van der Waals surface area contributed by atoms with E-state index in [1.54, 1.807) is 0 Å². The van der Waals surface area contributed by atoms with Gasteiger partial charge in [-0.15, -0.1) is 0 Å². The van der Waals surface area contributed by atoms with Crippen LogP contribution in [0, 0.1) is 0 Å². The van der Waals surface area contributed by atoms with Crippen molar-refractivity contribution in [1.82, 2.24) is 5.32 Å². The Morgan fingerprint density at radius 2 is 2.00 bits per heavy atom. The second-order valence-corrected chi connectivity index (χ2v) is 4.89. The molecule has 0 aromatic carbocycles. The zero-order chi connectivity index (χ0) is 12.2. The first-order valence-electron chi connectivity index (χ1n) is 5.81. The summed E-state index contributed by atoms with van der Waals surface area (Å²) in [4.78, 5) is 11.7. The van der Waals surface area contributed by atoms with Gasteiger partial charge >= 0.3 is 0 Å². The monoisotopic (exact) mass is 230 g/mol. The molecule has 0 saturated heterocycles. The lowest BCUT2D eigenvalue weighted by atomic mass is 9.75. The molecule has 16 heavy (non-hydrogen) atoms. The molecule has 5 heteroatoms. The summed E-state index contributed by atoms with van der Waals surface area (Å²) < 4.78 is 0. The van der Waals surface area contributed by atoms with Gasteiger partial charge in [0.05, 0.1) is 18.8 Å². The van der Waals surface area contributed by atoms with Crippen molar-refractivity contribution < 1.29 is 15.0 Å². The normalized spacial score (nSPS) is 19.0. The van der Waals surface area contributed by atoms with E-state index in [-0.39, 0.29) is 31.1 Å². The Bertz CT molecular complexity index is 239. The van der Waals surface area contributed by atoms with Gasteiger partial charge in [-0.25, -0.2) is 0 Å². The van der Waals surface area contributed by atoms with Crippen molar-refractivity contribution >= 4 is 5.91 Å². The van der Waals surface area contributed by atoms with E-state index in [4.69, 9.17) is 5.73 Å². The van der Waals surface area contributed by atoms with Crippen LogP contribution in [0.15, 0.2) is 0 Å². The molecule has 1 aliphatic rings. The molecule has 0 heterocycles. The predicted octanol–water partition coefficient (Wildman–Crippen LogP) is -0.492. The number of aliphatic hydroxyl groups is 2. The number of rotatable bonds is 6. The maximum atomic E-state index is 11.7. The molecule has 0 bridgehead atoms. The van der Waals surface area contributed by atoms with Crippen LogP contribution in [0.2, 0.25) is 0 Å². The topological polar surface area (TPSA) is 95.6 Å². The molecule has 1 aliphatic carbocycles. The first kappa shape index (κ1) is 13.4. The lowest BCUT2D eigenvalue weighted by Crippen LogP contribution is -2.57. The first-order chi connectivity index (χ1) is 7.49. The molecular weight excluding hydrogens is 208 g/mol. The summed E-state index contributed by atoms with van der Waals surface area (Å²) in [5.74, 6) is -0.188. The molecule has 0 aliphatic heterocycles. The van der Waals surface area contributed by atoms with Crippen LogP contribution in [-0.2, 0) is 4.79 Å². The highest BCUT2D eigenvalue weighted by molar-refractivity contribution is 5.78. The molecule has 0 unspecified atom stereocenters. The Balaban J connectivity index is 2.48. The molecule has 1 fully saturated rings. The van der Waals surface area contributed by atoms with Gasteiger partial charge in [0.2, 0.25) is 5.91 Å². The van der Waals surface area contributed by atoms with Gasteiger partial charge in [-0.05, 0) is 25.7 Å². The van der Waals surface area contributed by atoms with Crippen molar-refractivity contribution in [3.05, 3.63) is 0 Å². The number of hydrogen-bond acceptors (Lipinski definition) is 4. The average Bonchev–Trinajstić information content (AvgIpc) is 2.24. The SMILES string of the molecule is CCC(CO)(CO)NC(=O)CC1(N)CCC1. The second-order valence-electron chi connectivity index (χ2n) is 4.89. The predicted molar refractivity (Wildman–Crippen MR) is 60.7 cm³/mol. The van der Waals surface area contributed by atoms with Gasteiger partial charge in [0.25, 0.3) is 0 Å². The zero-order valence-corrected chi connectivity index (χ0v) is 9.83. The van der Waals surface area contributed by atoms with E-state index in [0.717, 1.165) is 19.3 Å². The van der Waals surface area contributed by atoms with E-state index in [2.05, 4.69) is 5.32 Å². The highest BCUT2D eigenvalue weighted by atomic mass is 16.3. The lowest BCUT2D eigenvalue weighted by Gasteiger charge is -2.39. The molecule has 1 rings (SSSR count). The summed E-state index contributed by atoms with van der Waals surface area (Å²) in [7, 11) is 0. The van der Waals surface area contributed by atoms with Gasteiger partial charge in [0.1, 0.15) is 0 Å². The van der Waals surface area contributed by atoms with Gasteiger partial charge in [0, 0.05) is 12.0 Å². The third-order valence-corrected chi connectivity index (χ3v) is 3.55. The maximum absolute atomic E-state index is 11.7. The van der Waals surface area contributed by atoms with Gasteiger partial charge in [-0.1, -0.05) is 6.92 Å². The van der Waals surface area contributed by atoms with Crippen molar-refractivity contribution in [2.45, 2.75) is 50.1 Å². The van der Waals surface area contributed by atoms with Crippen LogP contribution in [0.4, 0.5) is 0 Å². The minimum atomic E-state index is -0.906. The maximum Gasteiger partial charge on any atom is 0.222 e. The fourth-order valence-electron chi connectivity index (χ4n) is 1.91. The summed E-state index contributed by atoms with van der Waals surface area (Å²) in [5.41, 5.74) is 4.69. The van der Waals surface area contributed by atoms with Crippen LogP contribution in [0.5, 0.6) is 0 Å². The zero-order valence-electron chi connectivity index (χ0n) is 9.83. The van der Waals surface area contributed by atoms with Gasteiger partial charge < -0.3 is 21.3 Å². The Morgan fingerprint density at radius 3 is 2.31 bits per heavy atom. The largest absolute Gasteiger partial charge is 0.394 e. The van der Waals surface area contributed by atoms with Gasteiger partial charge in [0.15, 0.2) is 0 Å². The smallest absolute Gasteiger partial charge is 0.222 e. The molecule has 0 atom stereocenters. The summed E-state index contributed by atoms with van der Waals surface area (Å²) in [5, 5.41) is 21.1. The minimum absolute atomic E-state index is 0.188. The fourth-order valence-corrected chi connectivity index (χ4v) is 1.91. The number of nitrogens with two attached hydrogens (primary N) is 1. The van der Waals surface area contributed by atoms with Crippen LogP contribution >= 0.6 is 0 Å². The average molecular weight is 230 g/mol. The third-order valence-electron chi connectivity index (χ3n) is 3.55. The van der Waals surface area contributed by atoms with Crippen molar-refractivity contribution in [2.24, 2.45) is 5.73 Å². The van der Waals surface area contributed by atoms with Gasteiger partial charge in [-0.2, -0.15) is 0 Å². The molecule has 5 nitrogen and oxygen atoms in total. The Hall–Kier alpha value is -0.650. The number of amides is 1. The Morgan fingerprint density at radius 1 is 1.44 bits per heavy atom. The lowest BCUT2D eigenvalue weighted by molar-refractivity contribution is -0.126. The molecule has 0 aromatic rings. The Kier molecular flexibility index (Phi) is 4.29. The van der Waals surface area contributed by atoms with E-state index in [1.807, 2.05) is 6.92 Å². The van der Waals surface area contributed by atoms with Crippen LogP contribution in [0.1, 0.15) is 39.0 Å². The van der Waals surface area contributed by atoms with Crippen LogP contribution in [0.3, 0.4) is 0 Å². The van der Waals surface area contributed by atoms with E-state index < -0.39 is 5.54 Å². The second kappa shape index (κ2) is 5.12. The van der Waals surface area contributed by atoms with Crippen LogP contribution < -0.4 is 11.1 Å². The number of nitrogens with one attached hydrogen (secondary N) is 1. The first-order valence-corrected chi connectivity index (χ1v) is 5.81. The van der Waals surface area contributed by atoms with Gasteiger partial charge in [-0.3, -0.25) is 4.79 Å². The van der Waals surface area contributed by atoms with Crippen molar-refractivity contribution in [2.75, 3.05) is 13.2 Å². The molecular formula is C11H22N2O3.